The lowest BCUT2D eigenvalue weighted by Crippen LogP contribution is -2.56. The molecule has 0 radical (unpaired) electrons. The van der Waals surface area contributed by atoms with Gasteiger partial charge in [-0.3, -0.25) is 9.69 Å². The fourth-order valence-corrected chi connectivity index (χ4v) is 5.59. The fraction of sp³-hybridized carbons (Fsp3) is 0.696. The van der Waals surface area contributed by atoms with Crippen molar-refractivity contribution in [3.63, 3.8) is 0 Å². The Morgan fingerprint density at radius 3 is 2.72 bits per heavy atom. The average Bonchev–Trinajstić information content (AvgIpc) is 3.25. The number of rotatable bonds is 5. The van der Waals surface area contributed by atoms with Gasteiger partial charge in [0.2, 0.25) is 5.91 Å². The summed E-state index contributed by atoms with van der Waals surface area (Å²) in [5.41, 5.74) is 0.352. The second-order valence-corrected chi connectivity index (χ2v) is 8.87. The summed E-state index contributed by atoms with van der Waals surface area (Å²) in [6.45, 7) is 5.20. The topological polar surface area (TPSA) is 73.2 Å². The monoisotopic (exact) mass is 402 g/mol. The molecule has 0 aromatic heterocycles. The van der Waals surface area contributed by atoms with Crippen LogP contribution in [0.3, 0.4) is 0 Å². The van der Waals surface area contributed by atoms with Gasteiger partial charge in [-0.15, -0.1) is 0 Å². The Hall–Kier alpha value is -1.79. The fourth-order valence-electron chi connectivity index (χ4n) is 5.59. The number of aliphatic hydroxyl groups is 1. The minimum Gasteiger partial charge on any atom is -0.504 e. The molecule has 1 aromatic rings. The molecule has 3 atom stereocenters. The normalized spacial score (nSPS) is 30.2. The third kappa shape index (κ3) is 4.10. The molecule has 6 heteroatoms. The second kappa shape index (κ2) is 8.52. The first-order chi connectivity index (χ1) is 14.0. The highest BCUT2D eigenvalue weighted by Gasteiger charge is 2.49. The number of fused-ring (bicyclic) bond motifs is 1. The number of phenols is 1. The number of aromatic hydroxyl groups is 1. The van der Waals surface area contributed by atoms with Crippen molar-refractivity contribution in [2.75, 3.05) is 32.8 Å². The van der Waals surface area contributed by atoms with Crippen LogP contribution in [0.15, 0.2) is 18.2 Å². The van der Waals surface area contributed by atoms with Crippen molar-refractivity contribution in [1.29, 1.82) is 0 Å². The van der Waals surface area contributed by atoms with E-state index in [9.17, 15) is 15.0 Å². The van der Waals surface area contributed by atoms with Crippen molar-refractivity contribution in [3.8, 4) is 11.5 Å². The Bertz CT molecular complexity index is 734. The predicted octanol–water partition coefficient (Wildman–Crippen LogP) is 3.08. The molecular formula is C23H34N2O4. The van der Waals surface area contributed by atoms with E-state index in [2.05, 4.69) is 4.90 Å². The van der Waals surface area contributed by atoms with Gasteiger partial charge in [-0.05, 0) is 56.7 Å². The van der Waals surface area contributed by atoms with Crippen molar-refractivity contribution >= 4 is 5.91 Å². The van der Waals surface area contributed by atoms with Gasteiger partial charge in [0.1, 0.15) is 0 Å². The summed E-state index contributed by atoms with van der Waals surface area (Å²) in [7, 11) is 0. The van der Waals surface area contributed by atoms with E-state index >= 15 is 0 Å². The van der Waals surface area contributed by atoms with Crippen molar-refractivity contribution in [2.45, 2.75) is 63.5 Å². The van der Waals surface area contributed by atoms with E-state index in [1.54, 1.807) is 6.07 Å². The van der Waals surface area contributed by atoms with Gasteiger partial charge in [-0.25, -0.2) is 0 Å². The summed E-state index contributed by atoms with van der Waals surface area (Å²) in [6.07, 6.45) is 6.86. The summed E-state index contributed by atoms with van der Waals surface area (Å²) in [6, 6.07) is 5.46. The van der Waals surface area contributed by atoms with E-state index < -0.39 is 5.60 Å². The van der Waals surface area contributed by atoms with Crippen LogP contribution in [0.2, 0.25) is 0 Å². The Balaban J connectivity index is 1.65. The largest absolute Gasteiger partial charge is 0.504 e. The van der Waals surface area contributed by atoms with Gasteiger partial charge in [0.15, 0.2) is 11.5 Å². The van der Waals surface area contributed by atoms with Crippen LogP contribution in [-0.4, -0.2) is 64.3 Å². The SMILES string of the molecule is CCOc1cc([C@@H]2[C@@H]3CCCC[C@@]3(O)CCN2CC(=O)N2CCCC2)ccc1O. The van der Waals surface area contributed by atoms with E-state index in [1.807, 2.05) is 24.0 Å². The minimum absolute atomic E-state index is 0.0413. The highest BCUT2D eigenvalue weighted by molar-refractivity contribution is 5.78. The first-order valence-corrected chi connectivity index (χ1v) is 11.2. The lowest BCUT2D eigenvalue weighted by Gasteiger charge is -2.52. The molecule has 1 aliphatic carbocycles. The minimum atomic E-state index is -0.667. The molecule has 1 aromatic carbocycles. The van der Waals surface area contributed by atoms with Crippen molar-refractivity contribution < 1.29 is 19.7 Å². The van der Waals surface area contributed by atoms with Crippen LogP contribution in [-0.2, 0) is 4.79 Å². The van der Waals surface area contributed by atoms with Crippen LogP contribution in [0.25, 0.3) is 0 Å². The number of hydrogen-bond acceptors (Lipinski definition) is 5. The van der Waals surface area contributed by atoms with E-state index in [-0.39, 0.29) is 23.6 Å². The molecule has 160 valence electrons. The van der Waals surface area contributed by atoms with Gasteiger partial charge in [-0.2, -0.15) is 0 Å². The number of benzene rings is 1. The molecule has 2 aliphatic heterocycles. The summed E-state index contributed by atoms with van der Waals surface area (Å²) in [5, 5.41) is 21.6. The van der Waals surface area contributed by atoms with E-state index in [4.69, 9.17) is 4.74 Å². The van der Waals surface area contributed by atoms with Crippen LogP contribution >= 0.6 is 0 Å². The van der Waals surface area contributed by atoms with Gasteiger partial charge in [0.05, 0.1) is 18.8 Å². The quantitative estimate of drug-likeness (QED) is 0.792. The van der Waals surface area contributed by atoms with Crippen LogP contribution < -0.4 is 4.74 Å². The van der Waals surface area contributed by atoms with Crippen LogP contribution in [0.1, 0.15) is 63.5 Å². The summed E-state index contributed by atoms with van der Waals surface area (Å²) >= 11 is 0. The number of piperidine rings is 1. The molecule has 4 rings (SSSR count). The van der Waals surface area contributed by atoms with Crippen LogP contribution in [0.5, 0.6) is 11.5 Å². The number of carbonyl (C=O) groups is 1. The van der Waals surface area contributed by atoms with Crippen molar-refractivity contribution in [2.24, 2.45) is 5.92 Å². The molecule has 0 spiro atoms. The van der Waals surface area contributed by atoms with E-state index in [0.29, 0.717) is 25.4 Å². The molecule has 2 heterocycles. The molecule has 0 bridgehead atoms. The molecule has 3 aliphatic rings. The Morgan fingerprint density at radius 2 is 1.97 bits per heavy atom. The zero-order valence-corrected chi connectivity index (χ0v) is 17.5. The van der Waals surface area contributed by atoms with Crippen molar-refractivity contribution in [3.05, 3.63) is 23.8 Å². The molecule has 3 fully saturated rings. The maximum Gasteiger partial charge on any atom is 0.236 e. The van der Waals surface area contributed by atoms with E-state index in [0.717, 1.165) is 63.6 Å². The molecule has 0 unspecified atom stereocenters. The van der Waals surface area contributed by atoms with Gasteiger partial charge in [0, 0.05) is 31.6 Å². The van der Waals surface area contributed by atoms with Crippen molar-refractivity contribution in [1.82, 2.24) is 9.80 Å². The number of hydrogen-bond donors (Lipinski definition) is 2. The van der Waals surface area contributed by atoms with Gasteiger partial charge >= 0.3 is 0 Å². The third-order valence-corrected chi connectivity index (χ3v) is 7.09. The maximum atomic E-state index is 12.9. The standard InChI is InChI=1S/C23H34N2O4/c1-2-29-20-15-17(8-9-19(20)26)22-18-7-3-4-10-23(18,28)11-14-25(22)16-21(27)24-12-5-6-13-24/h8-9,15,18,22,26,28H,2-7,10-14,16H2,1H3/t18-,22+,23+/m0/s1. The smallest absolute Gasteiger partial charge is 0.236 e. The number of carbonyl (C=O) groups excluding carboxylic acids is 1. The number of phenolic OH excluding ortho intramolecular Hbond substituents is 1. The number of likely N-dealkylation sites (tertiary alicyclic amines) is 2. The molecular weight excluding hydrogens is 368 g/mol. The first-order valence-electron chi connectivity index (χ1n) is 11.2. The summed E-state index contributed by atoms with van der Waals surface area (Å²) < 4.78 is 5.62. The zero-order chi connectivity index (χ0) is 20.4. The van der Waals surface area contributed by atoms with Crippen LogP contribution in [0, 0.1) is 5.92 Å². The van der Waals surface area contributed by atoms with Gasteiger partial charge in [-0.1, -0.05) is 18.9 Å². The molecule has 2 N–H and O–H groups in total. The predicted molar refractivity (Wildman–Crippen MR) is 111 cm³/mol. The van der Waals surface area contributed by atoms with E-state index in [1.165, 1.54) is 0 Å². The Labute approximate surface area is 173 Å². The second-order valence-electron chi connectivity index (χ2n) is 8.87. The third-order valence-electron chi connectivity index (χ3n) is 7.09. The number of amides is 1. The zero-order valence-electron chi connectivity index (χ0n) is 17.5. The highest BCUT2D eigenvalue weighted by atomic mass is 16.5. The number of ether oxygens (including phenoxy) is 1. The molecule has 6 nitrogen and oxygen atoms in total. The highest BCUT2D eigenvalue weighted by Crippen LogP contribution is 2.50. The molecule has 1 amide bonds. The lowest BCUT2D eigenvalue weighted by atomic mass is 9.66. The first kappa shape index (κ1) is 20.5. The summed E-state index contributed by atoms with van der Waals surface area (Å²) in [4.78, 5) is 17.1. The lowest BCUT2D eigenvalue weighted by molar-refractivity contribution is -0.144. The number of nitrogens with zero attached hydrogens (tertiary/aromatic N) is 2. The van der Waals surface area contributed by atoms with Crippen LogP contribution in [0.4, 0.5) is 0 Å². The molecule has 29 heavy (non-hydrogen) atoms. The summed E-state index contributed by atoms with van der Waals surface area (Å²) in [5.74, 6) is 0.888. The van der Waals surface area contributed by atoms with Gasteiger partial charge in [0.25, 0.3) is 0 Å². The maximum absolute atomic E-state index is 12.9. The Morgan fingerprint density at radius 1 is 1.17 bits per heavy atom. The molecule has 2 saturated heterocycles. The Kier molecular flexibility index (Phi) is 6.02. The van der Waals surface area contributed by atoms with Gasteiger partial charge < -0.3 is 19.8 Å². The average molecular weight is 403 g/mol. The molecule has 1 saturated carbocycles.